The van der Waals surface area contributed by atoms with Crippen molar-refractivity contribution >= 4 is 20.2 Å². The van der Waals surface area contributed by atoms with E-state index in [1.165, 1.54) is 0 Å². The van der Waals surface area contributed by atoms with Crippen LogP contribution in [0.1, 0.15) is 0 Å². The zero-order valence-electron chi connectivity index (χ0n) is 8.99. The molecular formula is C7H7N4O6S2+. The zero-order chi connectivity index (χ0) is 14.3. The number of nitrogens with zero attached hydrogens (tertiary/aromatic N) is 3. The number of rotatable bonds is 3. The molecule has 1 heterocycles. The lowest BCUT2D eigenvalue weighted by Crippen LogP contribution is -2.32. The van der Waals surface area contributed by atoms with Crippen molar-refractivity contribution in [3.8, 4) is 5.69 Å². The molecule has 1 aromatic heterocycles. The van der Waals surface area contributed by atoms with Gasteiger partial charge >= 0.3 is 0 Å². The fraction of sp³-hybridized carbons (Fsp3) is 0. The molecule has 0 bridgehead atoms. The lowest BCUT2D eigenvalue weighted by molar-refractivity contribution is -0.660. The second kappa shape index (κ2) is 4.34. The maximum absolute atomic E-state index is 11.1. The fourth-order valence-corrected chi connectivity index (χ4v) is 2.46. The molecule has 0 atom stereocenters. The van der Waals surface area contributed by atoms with Crippen LogP contribution in [0.3, 0.4) is 0 Å². The molecule has 2 aromatic rings. The van der Waals surface area contributed by atoms with Crippen molar-refractivity contribution in [1.82, 2.24) is 15.5 Å². The number of aromatic amines is 1. The molecule has 12 heteroatoms. The average Bonchev–Trinajstić information content (AvgIpc) is 2.79. The third kappa shape index (κ3) is 2.93. The van der Waals surface area contributed by atoms with E-state index in [1.807, 2.05) is 0 Å². The van der Waals surface area contributed by atoms with Gasteiger partial charge in [0.1, 0.15) is 10.8 Å². The molecule has 2 rings (SSSR count). The Labute approximate surface area is 107 Å². The van der Waals surface area contributed by atoms with E-state index in [9.17, 15) is 16.8 Å². The summed E-state index contributed by atoms with van der Waals surface area (Å²) in [7, 11) is -9.29. The van der Waals surface area contributed by atoms with Crippen molar-refractivity contribution in [2.75, 3.05) is 0 Å². The summed E-state index contributed by atoms with van der Waals surface area (Å²) < 4.78 is 63.2. The van der Waals surface area contributed by atoms with E-state index in [4.69, 9.17) is 9.11 Å². The molecule has 0 spiro atoms. The number of H-pyrrole nitrogens is 1. The van der Waals surface area contributed by atoms with Crippen LogP contribution in [-0.4, -0.2) is 41.5 Å². The van der Waals surface area contributed by atoms with Crippen LogP contribution in [-0.2, 0) is 20.2 Å². The summed E-state index contributed by atoms with van der Waals surface area (Å²) >= 11 is 0. The third-order valence-corrected chi connectivity index (χ3v) is 3.78. The number of hydrogen-bond donors (Lipinski definition) is 3. The van der Waals surface area contributed by atoms with Gasteiger partial charge in [0.15, 0.2) is 5.21 Å². The van der Waals surface area contributed by atoms with Crippen LogP contribution < -0.4 is 4.68 Å². The number of aromatic nitrogens is 4. The van der Waals surface area contributed by atoms with Crippen molar-refractivity contribution in [2.24, 2.45) is 0 Å². The second-order valence-electron chi connectivity index (χ2n) is 3.41. The number of nitrogens with one attached hydrogen (secondary N) is 1. The van der Waals surface area contributed by atoms with Crippen LogP contribution in [0.2, 0.25) is 0 Å². The maximum atomic E-state index is 11.1. The molecule has 1 aromatic carbocycles. The first-order chi connectivity index (χ1) is 8.68. The molecule has 10 nitrogen and oxygen atoms in total. The molecule has 3 N–H and O–H groups in total. The summed E-state index contributed by atoms with van der Waals surface area (Å²) in [6.07, 6.45) is 1.14. The Morgan fingerprint density at radius 1 is 1.00 bits per heavy atom. The smallest absolute Gasteiger partial charge is 0.282 e. The average molecular weight is 307 g/mol. The number of tetrazole rings is 1. The highest BCUT2D eigenvalue weighted by Crippen LogP contribution is 2.18. The van der Waals surface area contributed by atoms with Crippen molar-refractivity contribution in [3.05, 3.63) is 24.5 Å². The van der Waals surface area contributed by atoms with E-state index >= 15 is 0 Å². The standard InChI is InChI=1S/C7H6N4O6S2/c12-18(13,14)6-1-5(11-4-8-9-10-11)2-7(3-6)19(15,16)17/h1-4H,(H2,12,13,14,15,16,17)/p+1. The number of benzene rings is 1. The van der Waals surface area contributed by atoms with E-state index in [2.05, 4.69) is 15.5 Å². The van der Waals surface area contributed by atoms with E-state index in [0.717, 1.165) is 23.1 Å². The molecule has 0 saturated carbocycles. The van der Waals surface area contributed by atoms with Gasteiger partial charge in [0.25, 0.3) is 26.6 Å². The van der Waals surface area contributed by atoms with E-state index in [0.29, 0.717) is 6.07 Å². The molecule has 0 radical (unpaired) electrons. The topological polar surface area (TPSA) is 154 Å². The summed E-state index contributed by atoms with van der Waals surface area (Å²) in [4.78, 5) is -1.39. The predicted molar refractivity (Wildman–Crippen MR) is 57.5 cm³/mol. The Balaban J connectivity index is 2.77. The van der Waals surface area contributed by atoms with Gasteiger partial charge < -0.3 is 0 Å². The Morgan fingerprint density at radius 2 is 1.53 bits per heavy atom. The SMILES string of the molecule is O=S(=O)(O)c1cc(-[n+]2cnn[nH]2)cc(S(=O)(=O)O)c1. The lowest BCUT2D eigenvalue weighted by Gasteiger charge is -2.03. The van der Waals surface area contributed by atoms with Gasteiger partial charge in [0.05, 0.1) is 9.79 Å². The molecule has 0 fully saturated rings. The summed E-state index contributed by atoms with van der Waals surface area (Å²) in [5.41, 5.74) is -0.00671. The van der Waals surface area contributed by atoms with Gasteiger partial charge in [-0.25, -0.2) is 0 Å². The molecule has 0 saturated heterocycles. The summed E-state index contributed by atoms with van der Waals surface area (Å²) in [5, 5.41) is 9.08. The van der Waals surface area contributed by atoms with Gasteiger partial charge in [-0.1, -0.05) is 5.21 Å². The van der Waals surface area contributed by atoms with E-state index < -0.39 is 30.0 Å². The normalized spacial score (nSPS) is 12.5. The summed E-state index contributed by atoms with van der Waals surface area (Å²) in [6, 6.07) is 2.58. The van der Waals surface area contributed by atoms with Crippen molar-refractivity contribution < 1.29 is 30.6 Å². The third-order valence-electron chi connectivity index (χ3n) is 2.12. The Bertz CT molecular complexity index is 761. The first kappa shape index (κ1) is 13.5. The number of hydrogen-bond acceptors (Lipinski definition) is 6. The van der Waals surface area contributed by atoms with Crippen LogP contribution in [0.15, 0.2) is 34.3 Å². The Morgan fingerprint density at radius 3 is 1.89 bits per heavy atom. The van der Waals surface area contributed by atoms with Crippen LogP contribution in [0, 0.1) is 0 Å². The minimum absolute atomic E-state index is 0.00671. The van der Waals surface area contributed by atoms with E-state index in [1.54, 1.807) is 0 Å². The van der Waals surface area contributed by atoms with Crippen LogP contribution >= 0.6 is 0 Å². The molecule has 0 aliphatic heterocycles. The maximum Gasteiger partial charge on any atom is 0.294 e. The molecule has 19 heavy (non-hydrogen) atoms. The zero-order valence-corrected chi connectivity index (χ0v) is 10.6. The lowest BCUT2D eigenvalue weighted by atomic mass is 10.3. The second-order valence-corrected chi connectivity index (χ2v) is 6.26. The van der Waals surface area contributed by atoms with Crippen LogP contribution in [0.4, 0.5) is 0 Å². The van der Waals surface area contributed by atoms with Gasteiger partial charge in [-0.05, 0) is 6.07 Å². The molecule has 0 aliphatic carbocycles. The molecule has 0 amide bonds. The van der Waals surface area contributed by atoms with Gasteiger partial charge in [-0.2, -0.15) is 16.8 Å². The summed E-state index contributed by atoms with van der Waals surface area (Å²) in [5.74, 6) is 0. The quantitative estimate of drug-likeness (QED) is 0.461. The fourth-order valence-electron chi connectivity index (χ4n) is 1.30. The van der Waals surface area contributed by atoms with Crippen molar-refractivity contribution in [3.63, 3.8) is 0 Å². The molecule has 0 aliphatic rings. The molecule has 102 valence electrons. The van der Waals surface area contributed by atoms with E-state index in [-0.39, 0.29) is 5.69 Å². The largest absolute Gasteiger partial charge is 0.294 e. The minimum Gasteiger partial charge on any atom is -0.282 e. The van der Waals surface area contributed by atoms with Gasteiger partial charge in [-0.3, -0.25) is 9.11 Å². The van der Waals surface area contributed by atoms with Gasteiger partial charge in [-0.15, -0.1) is 4.68 Å². The highest BCUT2D eigenvalue weighted by atomic mass is 32.2. The highest BCUT2D eigenvalue weighted by molar-refractivity contribution is 7.86. The summed E-state index contributed by atoms with van der Waals surface area (Å²) in [6.45, 7) is 0. The minimum atomic E-state index is -4.64. The first-order valence-electron chi connectivity index (χ1n) is 4.56. The highest BCUT2D eigenvalue weighted by Gasteiger charge is 2.20. The van der Waals surface area contributed by atoms with Gasteiger partial charge in [0.2, 0.25) is 0 Å². The van der Waals surface area contributed by atoms with Crippen LogP contribution in [0.5, 0.6) is 0 Å². The van der Waals surface area contributed by atoms with Crippen LogP contribution in [0.25, 0.3) is 5.69 Å². The predicted octanol–water partition coefficient (Wildman–Crippen LogP) is -1.43. The Kier molecular flexibility index (Phi) is 3.09. The van der Waals surface area contributed by atoms with Crippen molar-refractivity contribution in [2.45, 2.75) is 9.79 Å². The van der Waals surface area contributed by atoms with Crippen molar-refractivity contribution in [1.29, 1.82) is 0 Å². The monoisotopic (exact) mass is 307 g/mol. The Hall–Kier alpha value is -1.89. The first-order valence-corrected chi connectivity index (χ1v) is 7.44. The molecular weight excluding hydrogens is 300 g/mol. The molecule has 0 unspecified atom stereocenters. The van der Waals surface area contributed by atoms with Gasteiger partial charge in [0, 0.05) is 12.1 Å².